The van der Waals surface area contributed by atoms with Gasteiger partial charge in [-0.2, -0.15) is 0 Å². The first-order chi connectivity index (χ1) is 16.0. The van der Waals surface area contributed by atoms with Gasteiger partial charge in [0.15, 0.2) is 28.3 Å². The van der Waals surface area contributed by atoms with E-state index in [0.717, 1.165) is 23.9 Å². The summed E-state index contributed by atoms with van der Waals surface area (Å²) in [6.45, 7) is 0.230. The van der Waals surface area contributed by atoms with Gasteiger partial charge >= 0.3 is 0 Å². The van der Waals surface area contributed by atoms with Crippen LogP contribution in [-0.4, -0.2) is 33.4 Å². The summed E-state index contributed by atoms with van der Waals surface area (Å²) in [5, 5.41) is 12.8. The molecular formula is C21H14F2N4O4S2. The Bertz CT molecular complexity index is 1310. The number of hydrogen-bond donors (Lipinski definition) is 1. The van der Waals surface area contributed by atoms with Gasteiger partial charge in [0.1, 0.15) is 6.61 Å². The molecule has 0 unspecified atom stereocenters. The van der Waals surface area contributed by atoms with Crippen LogP contribution in [0.25, 0.3) is 11.3 Å². The number of nitrogens with zero attached hydrogens (tertiary/aromatic N) is 3. The van der Waals surface area contributed by atoms with Crippen LogP contribution in [0.3, 0.4) is 0 Å². The highest BCUT2D eigenvalue weighted by molar-refractivity contribution is 7.99. The molecule has 0 saturated carbocycles. The van der Waals surface area contributed by atoms with E-state index in [0.29, 0.717) is 27.9 Å². The number of hydrogen-bond acceptors (Lipinski definition) is 9. The number of nitrogens with one attached hydrogen (secondary N) is 1. The Hall–Kier alpha value is -3.51. The zero-order valence-corrected chi connectivity index (χ0v) is 18.3. The molecule has 0 radical (unpaired) electrons. The first-order valence-electron chi connectivity index (χ1n) is 9.60. The molecule has 5 rings (SSSR count). The molecule has 1 atom stereocenters. The fraction of sp³-hybridized carbons (Fsp3) is 0.143. The SMILES string of the molecule is O=C(CSc1nnc([C@H]2COc3ccccc3O2)o1)Nc1nc(-c2ccc(F)c(F)c2)cs1. The van der Waals surface area contributed by atoms with E-state index < -0.39 is 17.7 Å². The van der Waals surface area contributed by atoms with E-state index >= 15 is 0 Å². The number of carbonyl (C=O) groups is 1. The minimum Gasteiger partial charge on any atom is -0.485 e. The molecule has 168 valence electrons. The summed E-state index contributed by atoms with van der Waals surface area (Å²) in [4.78, 5) is 16.5. The number of thioether (sulfide) groups is 1. The molecule has 0 aliphatic carbocycles. The van der Waals surface area contributed by atoms with Gasteiger partial charge in [-0.25, -0.2) is 13.8 Å². The summed E-state index contributed by atoms with van der Waals surface area (Å²) in [6, 6.07) is 10.8. The summed E-state index contributed by atoms with van der Waals surface area (Å²) < 4.78 is 43.6. The zero-order valence-electron chi connectivity index (χ0n) is 16.7. The van der Waals surface area contributed by atoms with Crippen molar-refractivity contribution in [1.29, 1.82) is 0 Å². The van der Waals surface area contributed by atoms with Crippen LogP contribution in [0.1, 0.15) is 12.0 Å². The predicted octanol–water partition coefficient (Wildman–Crippen LogP) is 4.71. The Morgan fingerprint density at radius 1 is 1.15 bits per heavy atom. The number of carbonyl (C=O) groups excluding carboxylic acids is 1. The number of halogens is 2. The van der Waals surface area contributed by atoms with Gasteiger partial charge in [0.2, 0.25) is 12.0 Å². The van der Waals surface area contributed by atoms with E-state index in [-0.39, 0.29) is 29.4 Å². The summed E-state index contributed by atoms with van der Waals surface area (Å²) in [7, 11) is 0. The topological polar surface area (TPSA) is 99.4 Å². The van der Waals surface area contributed by atoms with Gasteiger partial charge in [0.05, 0.1) is 11.4 Å². The van der Waals surface area contributed by atoms with Crippen molar-refractivity contribution < 1.29 is 27.5 Å². The normalized spacial score (nSPS) is 14.8. The first-order valence-corrected chi connectivity index (χ1v) is 11.5. The van der Waals surface area contributed by atoms with Crippen molar-refractivity contribution in [2.45, 2.75) is 11.3 Å². The van der Waals surface area contributed by atoms with Crippen molar-refractivity contribution in [1.82, 2.24) is 15.2 Å². The second kappa shape index (κ2) is 9.16. The molecule has 0 fully saturated rings. The maximum atomic E-state index is 13.4. The quantitative estimate of drug-likeness (QED) is 0.390. The van der Waals surface area contributed by atoms with Gasteiger partial charge in [-0.15, -0.1) is 21.5 Å². The number of anilines is 1. The Balaban J connectivity index is 1.15. The number of fused-ring (bicyclic) bond motifs is 1. The standard InChI is InChI=1S/C21H14F2N4O4S2/c22-12-6-5-11(7-13(12)23)14-9-32-20(24-14)25-18(28)10-33-21-27-26-19(31-21)17-8-29-15-3-1-2-4-16(15)30-17/h1-7,9,17H,8,10H2,(H,24,25,28)/t17-/m1/s1. The Kier molecular flexibility index (Phi) is 5.92. The van der Waals surface area contributed by atoms with Gasteiger partial charge in [-0.1, -0.05) is 23.9 Å². The molecular weight excluding hydrogens is 474 g/mol. The zero-order chi connectivity index (χ0) is 22.8. The molecule has 1 N–H and O–H groups in total. The van der Waals surface area contributed by atoms with Crippen LogP contribution in [0.2, 0.25) is 0 Å². The molecule has 12 heteroatoms. The van der Waals surface area contributed by atoms with Crippen LogP contribution in [0.5, 0.6) is 11.5 Å². The molecule has 2 aromatic carbocycles. The monoisotopic (exact) mass is 488 g/mol. The lowest BCUT2D eigenvalue weighted by Crippen LogP contribution is -2.21. The molecule has 0 bridgehead atoms. The Morgan fingerprint density at radius 3 is 2.85 bits per heavy atom. The van der Waals surface area contributed by atoms with Crippen LogP contribution in [0.4, 0.5) is 13.9 Å². The maximum Gasteiger partial charge on any atom is 0.277 e. The van der Waals surface area contributed by atoms with Crippen molar-refractivity contribution in [3.8, 4) is 22.8 Å². The van der Waals surface area contributed by atoms with Crippen LogP contribution in [-0.2, 0) is 4.79 Å². The van der Waals surface area contributed by atoms with Crippen molar-refractivity contribution >= 4 is 34.1 Å². The van der Waals surface area contributed by atoms with Gasteiger partial charge in [0, 0.05) is 10.9 Å². The Labute approximate surface area is 194 Å². The number of ether oxygens (including phenoxy) is 2. The second-order valence-corrected chi connectivity index (χ2v) is 8.56. The number of thiazole rings is 1. The predicted molar refractivity (Wildman–Crippen MR) is 116 cm³/mol. The van der Waals surface area contributed by atoms with Crippen LogP contribution >= 0.6 is 23.1 Å². The van der Waals surface area contributed by atoms with E-state index in [1.165, 1.54) is 17.4 Å². The fourth-order valence-electron chi connectivity index (χ4n) is 2.95. The van der Waals surface area contributed by atoms with Crippen molar-refractivity contribution in [2.24, 2.45) is 0 Å². The smallest absolute Gasteiger partial charge is 0.277 e. The van der Waals surface area contributed by atoms with Crippen LogP contribution in [0.15, 0.2) is 57.5 Å². The third-order valence-electron chi connectivity index (χ3n) is 4.50. The molecule has 0 saturated heterocycles. The van der Waals surface area contributed by atoms with E-state index in [9.17, 15) is 13.6 Å². The molecule has 2 aromatic heterocycles. The highest BCUT2D eigenvalue weighted by Gasteiger charge is 2.27. The molecule has 4 aromatic rings. The third-order valence-corrected chi connectivity index (χ3v) is 6.07. The van der Waals surface area contributed by atoms with Gasteiger partial charge in [-0.3, -0.25) is 4.79 Å². The Morgan fingerprint density at radius 2 is 2.00 bits per heavy atom. The number of para-hydroxylation sites is 2. The second-order valence-electron chi connectivity index (χ2n) is 6.77. The summed E-state index contributed by atoms with van der Waals surface area (Å²) in [6.07, 6.45) is -0.541. The summed E-state index contributed by atoms with van der Waals surface area (Å²) in [5.41, 5.74) is 0.842. The molecule has 1 amide bonds. The first kappa shape index (κ1) is 21.3. The van der Waals surface area contributed by atoms with Gasteiger partial charge in [0.25, 0.3) is 11.1 Å². The largest absolute Gasteiger partial charge is 0.485 e. The molecule has 33 heavy (non-hydrogen) atoms. The van der Waals surface area contributed by atoms with Crippen LogP contribution in [0, 0.1) is 11.6 Å². The van der Waals surface area contributed by atoms with E-state index in [1.807, 2.05) is 18.2 Å². The van der Waals surface area contributed by atoms with E-state index in [2.05, 4.69) is 20.5 Å². The maximum absolute atomic E-state index is 13.4. The number of aromatic nitrogens is 3. The van der Waals surface area contributed by atoms with Crippen molar-refractivity contribution in [3.05, 3.63) is 65.4 Å². The lowest BCUT2D eigenvalue weighted by molar-refractivity contribution is -0.113. The van der Waals surface area contributed by atoms with Crippen molar-refractivity contribution in [2.75, 3.05) is 17.7 Å². The van der Waals surface area contributed by atoms with Gasteiger partial charge in [-0.05, 0) is 30.3 Å². The van der Waals surface area contributed by atoms with Gasteiger partial charge < -0.3 is 19.2 Å². The molecule has 3 heterocycles. The third kappa shape index (κ3) is 4.81. The van der Waals surface area contributed by atoms with E-state index in [4.69, 9.17) is 13.9 Å². The highest BCUT2D eigenvalue weighted by Crippen LogP contribution is 2.36. The molecule has 8 nitrogen and oxygen atoms in total. The highest BCUT2D eigenvalue weighted by atomic mass is 32.2. The van der Waals surface area contributed by atoms with Crippen LogP contribution < -0.4 is 14.8 Å². The minimum atomic E-state index is -0.962. The summed E-state index contributed by atoms with van der Waals surface area (Å²) in [5.74, 6) is -0.735. The average molecular weight is 488 g/mol. The van der Waals surface area contributed by atoms with E-state index in [1.54, 1.807) is 11.4 Å². The number of benzene rings is 2. The van der Waals surface area contributed by atoms with Crippen molar-refractivity contribution in [3.63, 3.8) is 0 Å². The minimum absolute atomic E-state index is 0.00653. The number of amides is 1. The molecule has 1 aliphatic rings. The molecule has 0 spiro atoms. The molecule has 1 aliphatic heterocycles. The number of rotatable bonds is 6. The fourth-order valence-corrected chi connectivity index (χ4v) is 4.26. The average Bonchev–Trinajstić information content (AvgIpc) is 3.49. The summed E-state index contributed by atoms with van der Waals surface area (Å²) >= 11 is 2.23. The lowest BCUT2D eigenvalue weighted by atomic mass is 10.2. The lowest BCUT2D eigenvalue weighted by Gasteiger charge is -2.23.